The minimum atomic E-state index is -0.511. The van der Waals surface area contributed by atoms with Gasteiger partial charge in [-0.15, -0.1) is 0 Å². The first kappa shape index (κ1) is 15.7. The molecule has 4 rings (SSSR count). The maximum absolute atomic E-state index is 11.0. The first-order chi connectivity index (χ1) is 12.6. The second kappa shape index (κ2) is 6.24. The van der Waals surface area contributed by atoms with E-state index in [4.69, 9.17) is 0 Å². The molecule has 0 aliphatic heterocycles. The monoisotopic (exact) mass is 350 g/mol. The van der Waals surface area contributed by atoms with Crippen LogP contribution in [0.25, 0.3) is 11.3 Å². The molecule has 1 N–H and O–H groups in total. The molecule has 10 heteroatoms. The lowest BCUT2D eigenvalue weighted by Crippen LogP contribution is -2.10. The van der Waals surface area contributed by atoms with Crippen molar-refractivity contribution in [1.29, 1.82) is 0 Å². The second-order valence-electron chi connectivity index (χ2n) is 5.66. The molecule has 0 spiro atoms. The fraction of sp³-hybridized carbons (Fsp3) is 0.125. The normalized spacial score (nSPS) is 12.2. The summed E-state index contributed by atoms with van der Waals surface area (Å²) in [5, 5.41) is 22.6. The van der Waals surface area contributed by atoms with E-state index in [1.165, 1.54) is 17.0 Å². The summed E-state index contributed by atoms with van der Waals surface area (Å²) in [4.78, 5) is 18.4. The average Bonchev–Trinajstić information content (AvgIpc) is 3.31. The van der Waals surface area contributed by atoms with Crippen molar-refractivity contribution in [3.8, 4) is 5.69 Å². The summed E-state index contributed by atoms with van der Waals surface area (Å²) in [5.41, 5.74) is 2.37. The van der Waals surface area contributed by atoms with Gasteiger partial charge in [-0.1, -0.05) is 21.7 Å². The number of nitrogens with one attached hydrogen (secondary N) is 1. The molecule has 1 aromatic carbocycles. The van der Waals surface area contributed by atoms with Gasteiger partial charge in [-0.05, 0) is 35.6 Å². The molecule has 3 heterocycles. The molecule has 130 valence electrons. The quantitative estimate of drug-likeness (QED) is 0.434. The number of rotatable bonds is 5. The summed E-state index contributed by atoms with van der Waals surface area (Å²) in [5.74, 6) is 0.347. The third-order valence-electron chi connectivity index (χ3n) is 3.97. The van der Waals surface area contributed by atoms with Crippen LogP contribution in [0.15, 0.2) is 55.2 Å². The molecule has 0 saturated carbocycles. The van der Waals surface area contributed by atoms with Crippen LogP contribution in [-0.4, -0.2) is 34.3 Å². The van der Waals surface area contributed by atoms with Gasteiger partial charge in [0.05, 0.1) is 11.7 Å². The zero-order chi connectivity index (χ0) is 18.1. The van der Waals surface area contributed by atoms with E-state index < -0.39 is 4.92 Å². The van der Waals surface area contributed by atoms with Crippen LogP contribution >= 0.6 is 0 Å². The summed E-state index contributed by atoms with van der Waals surface area (Å²) in [6, 6.07) is 11.2. The van der Waals surface area contributed by atoms with E-state index in [1.807, 2.05) is 31.2 Å². The van der Waals surface area contributed by atoms with Crippen LogP contribution in [-0.2, 0) is 0 Å². The Morgan fingerprint density at radius 1 is 1.19 bits per heavy atom. The Morgan fingerprint density at radius 2 is 2.00 bits per heavy atom. The largest absolute Gasteiger partial charge is 0.368 e. The molecule has 0 saturated heterocycles. The maximum Gasteiger partial charge on any atom is 0.368 e. The van der Waals surface area contributed by atoms with Crippen LogP contribution < -0.4 is 5.32 Å². The molecule has 26 heavy (non-hydrogen) atoms. The van der Waals surface area contributed by atoms with Gasteiger partial charge < -0.3 is 15.4 Å². The summed E-state index contributed by atoms with van der Waals surface area (Å²) in [6.07, 6.45) is 4.31. The molecule has 0 amide bonds. The number of imidazole rings is 1. The number of anilines is 1. The number of hydrogen-bond donors (Lipinski definition) is 1. The number of nitrogens with zero attached hydrogens (tertiary/aromatic N) is 7. The van der Waals surface area contributed by atoms with Gasteiger partial charge >= 0.3 is 5.82 Å². The van der Waals surface area contributed by atoms with Crippen molar-refractivity contribution in [2.24, 2.45) is 0 Å². The first-order valence-electron chi connectivity index (χ1n) is 7.82. The van der Waals surface area contributed by atoms with Crippen LogP contribution in [0, 0.1) is 10.1 Å². The standard InChI is InChI=1S/C16H14N8O2/c1-11(12-2-4-13(5-3-12)22-10-17-9-19-22)20-14-6-7-15-18-8-16(24(25)26)23(15)21-14/h2-11H,1H3,(H,20,21). The van der Waals surface area contributed by atoms with Crippen LogP contribution in [0.5, 0.6) is 0 Å². The van der Waals surface area contributed by atoms with Crippen molar-refractivity contribution in [1.82, 2.24) is 29.4 Å². The van der Waals surface area contributed by atoms with Crippen molar-refractivity contribution >= 4 is 17.3 Å². The molecule has 0 aliphatic rings. The molecule has 0 bridgehead atoms. The molecule has 1 unspecified atom stereocenters. The molecule has 4 aromatic rings. The highest BCUT2D eigenvalue weighted by molar-refractivity contribution is 5.49. The lowest BCUT2D eigenvalue weighted by molar-refractivity contribution is -0.391. The second-order valence-corrected chi connectivity index (χ2v) is 5.66. The number of hydrogen-bond acceptors (Lipinski definition) is 7. The van der Waals surface area contributed by atoms with Crippen molar-refractivity contribution < 1.29 is 4.92 Å². The van der Waals surface area contributed by atoms with E-state index >= 15 is 0 Å². The number of aromatic nitrogens is 6. The Kier molecular flexibility index (Phi) is 3.77. The van der Waals surface area contributed by atoms with Gasteiger partial charge in [-0.3, -0.25) is 0 Å². The Hall–Kier alpha value is -3.82. The molecular formula is C16H14N8O2. The average molecular weight is 350 g/mol. The molecule has 10 nitrogen and oxygen atoms in total. The van der Waals surface area contributed by atoms with Crippen LogP contribution in [0.2, 0.25) is 0 Å². The van der Waals surface area contributed by atoms with E-state index in [-0.39, 0.29) is 11.9 Å². The number of nitro groups is 1. The van der Waals surface area contributed by atoms with Crippen molar-refractivity contribution in [3.05, 3.63) is 70.9 Å². The minimum Gasteiger partial charge on any atom is -0.360 e. The zero-order valence-electron chi connectivity index (χ0n) is 13.7. The van der Waals surface area contributed by atoms with Crippen LogP contribution in [0.1, 0.15) is 18.5 Å². The summed E-state index contributed by atoms with van der Waals surface area (Å²) >= 11 is 0. The van der Waals surface area contributed by atoms with E-state index in [9.17, 15) is 10.1 Å². The predicted octanol–water partition coefficient (Wildman–Crippen LogP) is 2.39. The summed E-state index contributed by atoms with van der Waals surface area (Å²) < 4.78 is 2.89. The summed E-state index contributed by atoms with van der Waals surface area (Å²) in [6.45, 7) is 1.98. The lowest BCUT2D eigenvalue weighted by atomic mass is 10.1. The van der Waals surface area contributed by atoms with E-state index in [0.29, 0.717) is 11.5 Å². The fourth-order valence-corrected chi connectivity index (χ4v) is 2.63. The van der Waals surface area contributed by atoms with Gasteiger partial charge in [0.1, 0.15) is 18.9 Å². The van der Waals surface area contributed by atoms with Crippen molar-refractivity contribution in [2.45, 2.75) is 13.0 Å². The maximum atomic E-state index is 11.0. The third kappa shape index (κ3) is 2.83. The molecule has 1 atom stereocenters. The van der Waals surface area contributed by atoms with Crippen molar-refractivity contribution in [3.63, 3.8) is 0 Å². The van der Waals surface area contributed by atoms with Crippen LogP contribution in [0.3, 0.4) is 0 Å². The van der Waals surface area contributed by atoms with Gasteiger partial charge in [0.2, 0.25) is 5.65 Å². The van der Waals surface area contributed by atoms with Gasteiger partial charge in [-0.2, -0.15) is 5.10 Å². The SMILES string of the molecule is CC(Nc1ccc2ncc([N+](=O)[O-])n2n1)c1ccc(-n2cncn2)cc1. The highest BCUT2D eigenvalue weighted by Crippen LogP contribution is 2.21. The first-order valence-corrected chi connectivity index (χ1v) is 7.82. The Labute approximate surface area is 147 Å². The molecule has 0 aliphatic carbocycles. The zero-order valence-corrected chi connectivity index (χ0v) is 13.7. The Morgan fingerprint density at radius 3 is 2.69 bits per heavy atom. The smallest absolute Gasteiger partial charge is 0.360 e. The third-order valence-corrected chi connectivity index (χ3v) is 3.97. The van der Waals surface area contributed by atoms with E-state index in [0.717, 1.165) is 11.3 Å². The number of fused-ring (bicyclic) bond motifs is 1. The topological polar surface area (TPSA) is 116 Å². The highest BCUT2D eigenvalue weighted by Gasteiger charge is 2.16. The van der Waals surface area contributed by atoms with Gasteiger partial charge in [0.15, 0.2) is 5.82 Å². The molecule has 3 aromatic heterocycles. The highest BCUT2D eigenvalue weighted by atomic mass is 16.6. The summed E-state index contributed by atoms with van der Waals surface area (Å²) in [7, 11) is 0. The Balaban J connectivity index is 1.56. The minimum absolute atomic E-state index is 0.0488. The Bertz CT molecular complexity index is 1060. The van der Waals surface area contributed by atoms with E-state index in [2.05, 4.69) is 25.5 Å². The van der Waals surface area contributed by atoms with E-state index in [1.54, 1.807) is 23.1 Å². The molecule has 0 radical (unpaired) electrons. The molecule has 0 fully saturated rings. The van der Waals surface area contributed by atoms with Crippen LogP contribution in [0.4, 0.5) is 11.6 Å². The lowest BCUT2D eigenvalue weighted by Gasteiger charge is -2.14. The number of benzene rings is 1. The predicted molar refractivity (Wildman–Crippen MR) is 93.0 cm³/mol. The molecular weight excluding hydrogens is 336 g/mol. The van der Waals surface area contributed by atoms with Gasteiger partial charge in [0.25, 0.3) is 0 Å². The van der Waals surface area contributed by atoms with Gasteiger partial charge in [0, 0.05) is 6.07 Å². The van der Waals surface area contributed by atoms with Gasteiger partial charge in [-0.25, -0.2) is 14.6 Å². The van der Waals surface area contributed by atoms with Crippen molar-refractivity contribution in [2.75, 3.05) is 5.32 Å². The fourth-order valence-electron chi connectivity index (χ4n) is 2.63.